The maximum Gasteiger partial charge on any atom is 0.321 e. The molecule has 0 radical (unpaired) electrons. The molecule has 114 valence electrons. The van der Waals surface area contributed by atoms with E-state index in [9.17, 15) is 19.5 Å². The predicted octanol–water partition coefficient (Wildman–Crippen LogP) is 2.04. The molecule has 0 heterocycles. The van der Waals surface area contributed by atoms with Crippen molar-refractivity contribution in [3.63, 3.8) is 0 Å². The molecular formula is C14H24N2O4. The molecule has 0 bridgehead atoms. The number of rotatable bonds is 5. The quantitative estimate of drug-likeness (QED) is 0.673. The van der Waals surface area contributed by atoms with E-state index in [0.717, 1.165) is 25.7 Å². The van der Waals surface area contributed by atoms with Crippen molar-refractivity contribution in [2.24, 2.45) is 5.41 Å². The first-order valence-electron chi connectivity index (χ1n) is 7.31. The first-order valence-corrected chi connectivity index (χ1v) is 7.31. The Balaban J connectivity index is 2.59. The summed E-state index contributed by atoms with van der Waals surface area (Å²) < 4.78 is 0. The van der Waals surface area contributed by atoms with Crippen LogP contribution in [0.2, 0.25) is 0 Å². The highest BCUT2D eigenvalue weighted by Gasteiger charge is 2.43. The number of carbonyl (C=O) groups is 3. The van der Waals surface area contributed by atoms with E-state index < -0.39 is 23.3 Å². The van der Waals surface area contributed by atoms with Gasteiger partial charge in [0.15, 0.2) is 0 Å². The number of aliphatic carboxylic acids is 1. The lowest BCUT2D eigenvalue weighted by molar-refractivity contribution is -0.156. The van der Waals surface area contributed by atoms with Crippen molar-refractivity contribution >= 4 is 17.9 Å². The first-order chi connectivity index (χ1) is 9.46. The average Bonchev–Trinajstić information content (AvgIpc) is 2.41. The molecule has 0 aromatic heterocycles. The van der Waals surface area contributed by atoms with Crippen LogP contribution in [0.5, 0.6) is 0 Å². The van der Waals surface area contributed by atoms with Crippen LogP contribution in [0.3, 0.4) is 0 Å². The van der Waals surface area contributed by atoms with Crippen molar-refractivity contribution in [2.75, 3.05) is 0 Å². The zero-order valence-corrected chi connectivity index (χ0v) is 12.2. The Bertz CT molecular complexity index is 371. The normalized spacial score (nSPS) is 16.5. The fourth-order valence-electron chi connectivity index (χ4n) is 2.66. The van der Waals surface area contributed by atoms with Crippen molar-refractivity contribution < 1.29 is 19.5 Å². The summed E-state index contributed by atoms with van der Waals surface area (Å²) in [5.41, 5.74) is -1.52. The molecule has 6 nitrogen and oxygen atoms in total. The SMILES string of the molecule is CCC(CC)(C(=O)O)C(=O)NC(=O)NC1CCCCC1. The zero-order valence-electron chi connectivity index (χ0n) is 12.2. The van der Waals surface area contributed by atoms with Gasteiger partial charge in [0.2, 0.25) is 5.91 Å². The molecule has 0 unspecified atom stereocenters. The van der Waals surface area contributed by atoms with Gasteiger partial charge in [-0.2, -0.15) is 0 Å². The van der Waals surface area contributed by atoms with Gasteiger partial charge < -0.3 is 10.4 Å². The van der Waals surface area contributed by atoms with Crippen LogP contribution in [-0.2, 0) is 9.59 Å². The molecule has 1 rings (SSSR count). The van der Waals surface area contributed by atoms with Crippen molar-refractivity contribution in [2.45, 2.75) is 64.8 Å². The molecule has 3 amide bonds. The molecule has 1 aliphatic carbocycles. The van der Waals surface area contributed by atoms with Crippen LogP contribution in [0.4, 0.5) is 4.79 Å². The van der Waals surface area contributed by atoms with Crippen LogP contribution in [-0.4, -0.2) is 29.1 Å². The minimum absolute atomic E-state index is 0.0824. The van der Waals surface area contributed by atoms with Crippen molar-refractivity contribution in [1.29, 1.82) is 0 Å². The van der Waals surface area contributed by atoms with E-state index in [4.69, 9.17) is 0 Å². The number of nitrogens with one attached hydrogen (secondary N) is 2. The zero-order chi connectivity index (χ0) is 15.2. The lowest BCUT2D eigenvalue weighted by Gasteiger charge is -2.26. The molecule has 0 spiro atoms. The number of hydrogen-bond acceptors (Lipinski definition) is 3. The highest BCUT2D eigenvalue weighted by molar-refractivity contribution is 6.07. The standard InChI is InChI=1S/C14H24N2O4/c1-3-14(4-2,12(18)19)11(17)16-13(20)15-10-8-6-5-7-9-10/h10H,3-9H2,1-2H3,(H,18,19)(H2,15,16,17,20). The van der Waals surface area contributed by atoms with E-state index in [1.165, 1.54) is 6.42 Å². The third-order valence-electron chi connectivity index (χ3n) is 4.22. The summed E-state index contributed by atoms with van der Waals surface area (Å²) in [6, 6.07) is -0.506. The van der Waals surface area contributed by atoms with E-state index in [-0.39, 0.29) is 18.9 Å². The lowest BCUT2D eigenvalue weighted by atomic mass is 9.81. The van der Waals surface area contributed by atoms with Crippen molar-refractivity contribution in [1.82, 2.24) is 10.6 Å². The summed E-state index contributed by atoms with van der Waals surface area (Å²) in [6.07, 6.45) is 5.44. The highest BCUT2D eigenvalue weighted by atomic mass is 16.4. The number of carboxylic acid groups (broad SMARTS) is 1. The third-order valence-corrected chi connectivity index (χ3v) is 4.22. The summed E-state index contributed by atoms with van der Waals surface area (Å²) in [6.45, 7) is 3.27. The monoisotopic (exact) mass is 284 g/mol. The summed E-state index contributed by atoms with van der Waals surface area (Å²) in [7, 11) is 0. The van der Waals surface area contributed by atoms with Gasteiger partial charge in [-0.05, 0) is 25.7 Å². The molecule has 1 fully saturated rings. The second-order valence-corrected chi connectivity index (χ2v) is 5.36. The van der Waals surface area contributed by atoms with Gasteiger partial charge in [0.05, 0.1) is 0 Å². The van der Waals surface area contributed by atoms with E-state index in [1.807, 2.05) is 0 Å². The Morgan fingerprint density at radius 3 is 2.10 bits per heavy atom. The van der Waals surface area contributed by atoms with E-state index in [1.54, 1.807) is 13.8 Å². The maximum absolute atomic E-state index is 12.1. The number of carbonyl (C=O) groups excluding carboxylic acids is 2. The molecule has 0 aromatic rings. The largest absolute Gasteiger partial charge is 0.480 e. The van der Waals surface area contributed by atoms with Crippen LogP contribution in [0.15, 0.2) is 0 Å². The Hall–Kier alpha value is -1.59. The van der Waals surface area contributed by atoms with Gasteiger partial charge in [0.25, 0.3) is 0 Å². The topological polar surface area (TPSA) is 95.5 Å². The summed E-state index contributed by atoms with van der Waals surface area (Å²) in [4.78, 5) is 35.2. The van der Waals surface area contributed by atoms with Gasteiger partial charge in [0.1, 0.15) is 5.41 Å². The van der Waals surface area contributed by atoms with Gasteiger partial charge in [-0.3, -0.25) is 14.9 Å². The second-order valence-electron chi connectivity index (χ2n) is 5.36. The Morgan fingerprint density at radius 2 is 1.65 bits per heavy atom. The smallest absolute Gasteiger partial charge is 0.321 e. The molecule has 0 aromatic carbocycles. The van der Waals surface area contributed by atoms with Crippen LogP contribution in [0.25, 0.3) is 0 Å². The van der Waals surface area contributed by atoms with Crippen LogP contribution >= 0.6 is 0 Å². The van der Waals surface area contributed by atoms with Crippen molar-refractivity contribution in [3.8, 4) is 0 Å². The van der Waals surface area contributed by atoms with Crippen LogP contribution in [0, 0.1) is 5.41 Å². The third kappa shape index (κ3) is 3.71. The molecule has 1 saturated carbocycles. The lowest BCUT2D eigenvalue weighted by Crippen LogP contribution is -2.52. The van der Waals surface area contributed by atoms with Gasteiger partial charge >= 0.3 is 12.0 Å². The summed E-state index contributed by atoms with van der Waals surface area (Å²) in [5, 5.41) is 14.2. The molecule has 0 aliphatic heterocycles. The van der Waals surface area contributed by atoms with E-state index >= 15 is 0 Å². The van der Waals surface area contributed by atoms with E-state index in [2.05, 4.69) is 10.6 Å². The van der Waals surface area contributed by atoms with Gasteiger partial charge in [-0.1, -0.05) is 33.1 Å². The number of carboxylic acids is 1. The molecule has 6 heteroatoms. The fraction of sp³-hybridized carbons (Fsp3) is 0.786. The fourth-order valence-corrected chi connectivity index (χ4v) is 2.66. The summed E-state index contributed by atoms with van der Waals surface area (Å²) >= 11 is 0. The predicted molar refractivity (Wildman–Crippen MR) is 74.2 cm³/mol. The minimum Gasteiger partial charge on any atom is -0.480 e. The molecule has 0 atom stereocenters. The molecular weight excluding hydrogens is 260 g/mol. The van der Waals surface area contributed by atoms with Crippen LogP contribution < -0.4 is 10.6 Å². The number of urea groups is 1. The van der Waals surface area contributed by atoms with E-state index in [0.29, 0.717) is 0 Å². The van der Waals surface area contributed by atoms with Gasteiger partial charge in [0, 0.05) is 6.04 Å². The van der Waals surface area contributed by atoms with Gasteiger partial charge in [-0.25, -0.2) is 4.79 Å². The maximum atomic E-state index is 12.1. The van der Waals surface area contributed by atoms with Crippen LogP contribution in [0.1, 0.15) is 58.8 Å². The molecule has 3 N–H and O–H groups in total. The van der Waals surface area contributed by atoms with Gasteiger partial charge in [-0.15, -0.1) is 0 Å². The molecule has 1 aliphatic rings. The number of amides is 3. The second kappa shape index (κ2) is 7.26. The average molecular weight is 284 g/mol. The highest BCUT2D eigenvalue weighted by Crippen LogP contribution is 2.27. The minimum atomic E-state index is -1.52. The first kappa shape index (κ1) is 16.5. The Morgan fingerprint density at radius 1 is 1.10 bits per heavy atom. The molecule has 0 saturated heterocycles. The Kier molecular flexibility index (Phi) is 5.98. The Labute approximate surface area is 119 Å². The number of imide groups is 1. The van der Waals surface area contributed by atoms with Crippen molar-refractivity contribution in [3.05, 3.63) is 0 Å². The number of hydrogen-bond donors (Lipinski definition) is 3. The molecule has 20 heavy (non-hydrogen) atoms. The summed E-state index contributed by atoms with van der Waals surface area (Å²) in [5.74, 6) is -1.92.